The van der Waals surface area contributed by atoms with Gasteiger partial charge < -0.3 is 9.94 Å². The number of nitrogens with zero attached hydrogens (tertiary/aromatic N) is 1. The third-order valence-electron chi connectivity index (χ3n) is 2.06. The molecule has 0 saturated carbocycles. The minimum atomic E-state index is 0.609. The first-order valence-corrected chi connectivity index (χ1v) is 5.15. The SMILES string of the molecule is CN(O)Cc1cc2c(s1)CCOC2. The molecule has 0 saturated heterocycles. The van der Waals surface area contributed by atoms with E-state index in [1.807, 2.05) is 0 Å². The second kappa shape index (κ2) is 3.75. The van der Waals surface area contributed by atoms with Gasteiger partial charge in [0.2, 0.25) is 0 Å². The molecule has 0 bridgehead atoms. The van der Waals surface area contributed by atoms with Gasteiger partial charge in [-0.25, -0.2) is 0 Å². The van der Waals surface area contributed by atoms with Crippen LogP contribution >= 0.6 is 11.3 Å². The quantitative estimate of drug-likeness (QED) is 0.735. The highest BCUT2D eigenvalue weighted by molar-refractivity contribution is 7.12. The van der Waals surface area contributed by atoms with Crippen molar-refractivity contribution in [3.8, 4) is 0 Å². The Labute approximate surface area is 81.5 Å². The van der Waals surface area contributed by atoms with Gasteiger partial charge in [0.15, 0.2) is 0 Å². The van der Waals surface area contributed by atoms with Crippen LogP contribution in [0.25, 0.3) is 0 Å². The van der Waals surface area contributed by atoms with Crippen LogP contribution in [0.5, 0.6) is 0 Å². The summed E-state index contributed by atoms with van der Waals surface area (Å²) in [7, 11) is 1.66. The topological polar surface area (TPSA) is 32.7 Å². The molecule has 0 amide bonds. The molecule has 0 radical (unpaired) electrons. The summed E-state index contributed by atoms with van der Waals surface area (Å²) in [4.78, 5) is 2.63. The number of hydroxylamine groups is 2. The van der Waals surface area contributed by atoms with Crippen LogP contribution in [0.2, 0.25) is 0 Å². The van der Waals surface area contributed by atoms with Crippen LogP contribution in [0.3, 0.4) is 0 Å². The molecule has 13 heavy (non-hydrogen) atoms. The molecular formula is C9H13NO2S. The largest absolute Gasteiger partial charge is 0.376 e. The molecule has 1 aromatic heterocycles. The third-order valence-corrected chi connectivity index (χ3v) is 3.29. The normalized spacial score (nSPS) is 16.2. The first-order chi connectivity index (χ1) is 6.25. The Morgan fingerprint density at radius 3 is 3.23 bits per heavy atom. The second-order valence-corrected chi connectivity index (χ2v) is 4.50. The number of hydrogen-bond acceptors (Lipinski definition) is 4. The first-order valence-electron chi connectivity index (χ1n) is 4.34. The number of rotatable bonds is 2. The minimum absolute atomic E-state index is 0.609. The highest BCUT2D eigenvalue weighted by Crippen LogP contribution is 2.27. The molecule has 0 atom stereocenters. The van der Waals surface area contributed by atoms with Crippen LogP contribution < -0.4 is 0 Å². The number of ether oxygens (including phenoxy) is 1. The molecule has 1 aliphatic rings. The lowest BCUT2D eigenvalue weighted by molar-refractivity contribution is -0.0723. The van der Waals surface area contributed by atoms with Crippen LogP contribution in [0.1, 0.15) is 15.3 Å². The van der Waals surface area contributed by atoms with Gasteiger partial charge in [0, 0.05) is 23.2 Å². The molecule has 2 rings (SSSR count). The molecule has 4 heteroatoms. The molecular weight excluding hydrogens is 186 g/mol. The van der Waals surface area contributed by atoms with Crippen molar-refractivity contribution < 1.29 is 9.94 Å². The summed E-state index contributed by atoms with van der Waals surface area (Å²) < 4.78 is 5.34. The summed E-state index contributed by atoms with van der Waals surface area (Å²) in [5.41, 5.74) is 1.30. The number of hydrogen-bond donors (Lipinski definition) is 1. The van der Waals surface area contributed by atoms with E-state index in [1.165, 1.54) is 20.4 Å². The lowest BCUT2D eigenvalue weighted by atomic mass is 10.2. The zero-order chi connectivity index (χ0) is 9.26. The Bertz CT molecular complexity index is 272. The fourth-order valence-electron chi connectivity index (χ4n) is 1.51. The van der Waals surface area contributed by atoms with E-state index in [0.29, 0.717) is 6.54 Å². The predicted octanol–water partition coefficient (Wildman–Crippen LogP) is 1.64. The molecule has 0 aliphatic carbocycles. The van der Waals surface area contributed by atoms with Gasteiger partial charge in [-0.15, -0.1) is 11.3 Å². The van der Waals surface area contributed by atoms with Crippen molar-refractivity contribution in [1.29, 1.82) is 0 Å². The maximum atomic E-state index is 9.08. The Morgan fingerprint density at radius 2 is 2.54 bits per heavy atom. The van der Waals surface area contributed by atoms with E-state index in [-0.39, 0.29) is 0 Å². The van der Waals surface area contributed by atoms with Crippen LogP contribution in [-0.2, 0) is 24.3 Å². The van der Waals surface area contributed by atoms with Gasteiger partial charge >= 0.3 is 0 Å². The number of thiophene rings is 1. The summed E-state index contributed by atoms with van der Waals surface area (Å²) in [5.74, 6) is 0. The van der Waals surface area contributed by atoms with Gasteiger partial charge in [-0.05, 0) is 11.6 Å². The molecule has 0 unspecified atom stereocenters. The van der Waals surface area contributed by atoms with Crippen molar-refractivity contribution in [2.24, 2.45) is 0 Å². The van der Waals surface area contributed by atoms with E-state index in [2.05, 4.69) is 6.07 Å². The Morgan fingerprint density at radius 1 is 1.69 bits per heavy atom. The lowest BCUT2D eigenvalue weighted by Gasteiger charge is -2.10. The zero-order valence-corrected chi connectivity index (χ0v) is 8.43. The van der Waals surface area contributed by atoms with Gasteiger partial charge in [0.25, 0.3) is 0 Å². The highest BCUT2D eigenvalue weighted by Gasteiger charge is 2.13. The fourth-order valence-corrected chi connectivity index (χ4v) is 2.72. The zero-order valence-electron chi connectivity index (χ0n) is 7.62. The van der Waals surface area contributed by atoms with Crippen LogP contribution in [0.15, 0.2) is 6.07 Å². The Hall–Kier alpha value is -0.420. The molecule has 0 spiro atoms. The van der Waals surface area contributed by atoms with Crippen LogP contribution in [0.4, 0.5) is 0 Å². The molecule has 0 aromatic carbocycles. The van der Waals surface area contributed by atoms with Crippen molar-refractivity contribution in [3.63, 3.8) is 0 Å². The maximum Gasteiger partial charge on any atom is 0.0727 e. The van der Waals surface area contributed by atoms with Crippen LogP contribution in [0, 0.1) is 0 Å². The molecule has 1 N–H and O–H groups in total. The molecule has 0 fully saturated rings. The van der Waals surface area contributed by atoms with E-state index < -0.39 is 0 Å². The van der Waals surface area contributed by atoms with E-state index in [9.17, 15) is 0 Å². The van der Waals surface area contributed by atoms with E-state index >= 15 is 0 Å². The molecule has 1 aliphatic heterocycles. The van der Waals surface area contributed by atoms with Crippen molar-refractivity contribution >= 4 is 11.3 Å². The average Bonchev–Trinajstić information content (AvgIpc) is 2.44. The molecule has 72 valence electrons. The fraction of sp³-hybridized carbons (Fsp3) is 0.556. The van der Waals surface area contributed by atoms with Gasteiger partial charge in [-0.2, -0.15) is 5.06 Å². The summed E-state index contributed by atoms with van der Waals surface area (Å²) >= 11 is 1.78. The van der Waals surface area contributed by atoms with Crippen molar-refractivity contribution in [2.45, 2.75) is 19.6 Å². The Balaban J connectivity index is 2.15. The number of fused-ring (bicyclic) bond motifs is 1. The lowest BCUT2D eigenvalue weighted by Crippen LogP contribution is -2.10. The van der Waals surface area contributed by atoms with E-state index in [0.717, 1.165) is 19.6 Å². The molecule has 2 heterocycles. The Kier molecular flexibility index (Phi) is 2.64. The summed E-state index contributed by atoms with van der Waals surface area (Å²) in [6.07, 6.45) is 1.02. The van der Waals surface area contributed by atoms with Crippen molar-refractivity contribution in [3.05, 3.63) is 21.4 Å². The predicted molar refractivity (Wildman–Crippen MR) is 50.9 cm³/mol. The van der Waals surface area contributed by atoms with Gasteiger partial charge in [-0.3, -0.25) is 0 Å². The minimum Gasteiger partial charge on any atom is -0.376 e. The standard InChI is InChI=1S/C9H13NO2S/c1-10(11)5-8-4-7-6-12-3-2-9(7)13-8/h4,11H,2-3,5-6H2,1H3. The second-order valence-electron chi connectivity index (χ2n) is 3.28. The van der Waals surface area contributed by atoms with Crippen molar-refractivity contribution in [2.75, 3.05) is 13.7 Å². The molecule has 3 nitrogen and oxygen atoms in total. The summed E-state index contributed by atoms with van der Waals surface area (Å²) in [6.45, 7) is 2.18. The average molecular weight is 199 g/mol. The van der Waals surface area contributed by atoms with Gasteiger partial charge in [0.1, 0.15) is 0 Å². The first kappa shape index (κ1) is 9.15. The van der Waals surface area contributed by atoms with Gasteiger partial charge in [-0.1, -0.05) is 0 Å². The van der Waals surface area contributed by atoms with E-state index in [1.54, 1.807) is 18.4 Å². The summed E-state index contributed by atoms with van der Waals surface area (Å²) in [5, 5.41) is 10.3. The monoisotopic (exact) mass is 199 g/mol. The third kappa shape index (κ3) is 2.08. The van der Waals surface area contributed by atoms with E-state index in [4.69, 9.17) is 9.94 Å². The smallest absolute Gasteiger partial charge is 0.0727 e. The maximum absolute atomic E-state index is 9.08. The van der Waals surface area contributed by atoms with Crippen molar-refractivity contribution in [1.82, 2.24) is 5.06 Å². The summed E-state index contributed by atoms with van der Waals surface area (Å²) in [6, 6.07) is 2.13. The molecule has 1 aromatic rings. The highest BCUT2D eigenvalue weighted by atomic mass is 32.1. The van der Waals surface area contributed by atoms with Gasteiger partial charge in [0.05, 0.1) is 19.8 Å². The van der Waals surface area contributed by atoms with Crippen LogP contribution in [-0.4, -0.2) is 23.9 Å².